The molecule has 0 saturated carbocycles. The number of nitrogens with two attached hydrogens (primary N) is 1. The lowest BCUT2D eigenvalue weighted by atomic mass is 9.91. The first-order chi connectivity index (χ1) is 6.82. The highest BCUT2D eigenvalue weighted by Crippen LogP contribution is 2.15. The molecule has 0 aromatic rings. The molecule has 5 nitrogen and oxygen atoms in total. The normalized spacial score (nSPS) is 13.0. The minimum Gasteiger partial charge on any atom is -0.409 e. The molecule has 5 heteroatoms. The topological polar surface area (TPSA) is 87.7 Å². The predicted molar refractivity (Wildman–Crippen MR) is 59.7 cm³/mol. The van der Waals surface area contributed by atoms with Crippen molar-refractivity contribution in [2.24, 2.45) is 22.2 Å². The van der Waals surface area contributed by atoms with Crippen molar-refractivity contribution in [2.45, 2.75) is 34.1 Å². The zero-order chi connectivity index (χ0) is 12.1. The number of carbonyl (C=O) groups excluding carboxylic acids is 1. The molecule has 0 aromatic carbocycles. The Bertz CT molecular complexity index is 247. The molecule has 0 spiro atoms. The highest BCUT2D eigenvalue weighted by Gasteiger charge is 2.32. The zero-order valence-electron chi connectivity index (χ0n) is 9.87. The molecule has 0 aliphatic rings. The lowest BCUT2D eigenvalue weighted by Crippen LogP contribution is -2.46. The van der Waals surface area contributed by atoms with Gasteiger partial charge in [0, 0.05) is 6.54 Å². The molecule has 0 rings (SSSR count). The fourth-order valence-corrected chi connectivity index (χ4v) is 0.937. The molecule has 0 aromatic heterocycles. The molecule has 0 fully saturated rings. The SMILES string of the molecule is CC(C)CCNC(=O)C(C)(C)C(N)=NO. The number of nitrogens with zero attached hydrogens (tertiary/aromatic N) is 1. The number of carbonyl (C=O) groups is 1. The highest BCUT2D eigenvalue weighted by molar-refractivity contribution is 6.05. The van der Waals surface area contributed by atoms with Crippen molar-refractivity contribution in [1.82, 2.24) is 5.32 Å². The van der Waals surface area contributed by atoms with Crippen LogP contribution in [0.3, 0.4) is 0 Å². The smallest absolute Gasteiger partial charge is 0.233 e. The van der Waals surface area contributed by atoms with Gasteiger partial charge in [-0.3, -0.25) is 4.79 Å². The monoisotopic (exact) mass is 215 g/mol. The van der Waals surface area contributed by atoms with Crippen LogP contribution in [0, 0.1) is 11.3 Å². The zero-order valence-corrected chi connectivity index (χ0v) is 9.87. The summed E-state index contributed by atoms with van der Waals surface area (Å²) >= 11 is 0. The van der Waals surface area contributed by atoms with Crippen molar-refractivity contribution >= 4 is 11.7 Å². The molecule has 0 aliphatic heterocycles. The number of hydrogen-bond acceptors (Lipinski definition) is 3. The summed E-state index contributed by atoms with van der Waals surface area (Å²) in [6, 6.07) is 0. The van der Waals surface area contributed by atoms with Crippen LogP contribution in [0.15, 0.2) is 5.16 Å². The van der Waals surface area contributed by atoms with Gasteiger partial charge in [-0.1, -0.05) is 19.0 Å². The maximum Gasteiger partial charge on any atom is 0.233 e. The fourth-order valence-electron chi connectivity index (χ4n) is 0.937. The minimum absolute atomic E-state index is 0.0791. The maximum absolute atomic E-state index is 11.7. The van der Waals surface area contributed by atoms with E-state index in [-0.39, 0.29) is 11.7 Å². The summed E-state index contributed by atoms with van der Waals surface area (Å²) in [5, 5.41) is 14.1. The van der Waals surface area contributed by atoms with Crippen molar-refractivity contribution in [3.63, 3.8) is 0 Å². The van der Waals surface area contributed by atoms with Crippen LogP contribution < -0.4 is 11.1 Å². The van der Waals surface area contributed by atoms with E-state index >= 15 is 0 Å². The van der Waals surface area contributed by atoms with Gasteiger partial charge in [0.15, 0.2) is 5.84 Å². The minimum atomic E-state index is -0.967. The molecular weight excluding hydrogens is 194 g/mol. The van der Waals surface area contributed by atoms with Gasteiger partial charge in [-0.05, 0) is 26.2 Å². The van der Waals surface area contributed by atoms with E-state index in [1.54, 1.807) is 13.8 Å². The first-order valence-corrected chi connectivity index (χ1v) is 5.08. The molecular formula is C10H21N3O2. The van der Waals surface area contributed by atoms with Gasteiger partial charge in [0.1, 0.15) is 5.41 Å². The maximum atomic E-state index is 11.7. The summed E-state index contributed by atoms with van der Waals surface area (Å²) in [7, 11) is 0. The summed E-state index contributed by atoms with van der Waals surface area (Å²) < 4.78 is 0. The van der Waals surface area contributed by atoms with Gasteiger partial charge >= 0.3 is 0 Å². The van der Waals surface area contributed by atoms with E-state index in [0.717, 1.165) is 6.42 Å². The second-order valence-corrected chi connectivity index (χ2v) is 4.55. The van der Waals surface area contributed by atoms with Crippen LogP contribution in [0.5, 0.6) is 0 Å². The van der Waals surface area contributed by atoms with Gasteiger partial charge in [0.25, 0.3) is 0 Å². The van der Waals surface area contributed by atoms with E-state index in [9.17, 15) is 4.79 Å². The summed E-state index contributed by atoms with van der Waals surface area (Å²) in [6.45, 7) is 8.01. The number of oxime groups is 1. The van der Waals surface area contributed by atoms with Crippen molar-refractivity contribution < 1.29 is 10.0 Å². The van der Waals surface area contributed by atoms with Crippen molar-refractivity contribution in [3.05, 3.63) is 0 Å². The van der Waals surface area contributed by atoms with E-state index in [1.807, 2.05) is 0 Å². The van der Waals surface area contributed by atoms with Crippen LogP contribution in [-0.2, 0) is 4.79 Å². The van der Waals surface area contributed by atoms with Gasteiger partial charge in [0.2, 0.25) is 5.91 Å². The molecule has 4 N–H and O–H groups in total. The Labute approximate surface area is 90.7 Å². The molecule has 15 heavy (non-hydrogen) atoms. The lowest BCUT2D eigenvalue weighted by molar-refractivity contribution is -0.126. The molecule has 0 atom stereocenters. The van der Waals surface area contributed by atoms with Gasteiger partial charge in [-0.25, -0.2) is 0 Å². The molecule has 0 radical (unpaired) electrons. The van der Waals surface area contributed by atoms with Gasteiger partial charge in [-0.15, -0.1) is 0 Å². The first kappa shape index (κ1) is 13.7. The molecule has 0 aliphatic carbocycles. The van der Waals surface area contributed by atoms with Crippen LogP contribution in [0.1, 0.15) is 34.1 Å². The Morgan fingerprint density at radius 1 is 1.53 bits per heavy atom. The number of hydrogen-bond donors (Lipinski definition) is 3. The van der Waals surface area contributed by atoms with E-state index < -0.39 is 5.41 Å². The number of rotatable bonds is 5. The Morgan fingerprint density at radius 2 is 2.07 bits per heavy atom. The predicted octanol–water partition coefficient (Wildman–Crippen LogP) is 0.921. The summed E-state index contributed by atoms with van der Waals surface area (Å²) in [5.74, 6) is 0.236. The third-order valence-electron chi connectivity index (χ3n) is 2.32. The van der Waals surface area contributed by atoms with Crippen LogP contribution in [0.4, 0.5) is 0 Å². The summed E-state index contributed by atoms with van der Waals surface area (Å²) in [5.41, 5.74) is 4.46. The fraction of sp³-hybridized carbons (Fsp3) is 0.800. The Balaban J connectivity index is 4.21. The molecule has 0 unspecified atom stereocenters. The Morgan fingerprint density at radius 3 is 2.47 bits per heavy atom. The molecule has 0 saturated heterocycles. The Hall–Kier alpha value is -1.26. The van der Waals surface area contributed by atoms with Crippen LogP contribution in [0.25, 0.3) is 0 Å². The quantitative estimate of drug-likeness (QED) is 0.276. The van der Waals surface area contributed by atoms with Gasteiger partial charge < -0.3 is 16.3 Å². The van der Waals surface area contributed by atoms with Crippen molar-refractivity contribution in [3.8, 4) is 0 Å². The van der Waals surface area contributed by atoms with E-state index in [0.29, 0.717) is 12.5 Å². The average Bonchev–Trinajstić information content (AvgIpc) is 2.15. The molecule has 0 bridgehead atoms. The number of amidine groups is 1. The Kier molecular flexibility index (Phi) is 5.11. The van der Waals surface area contributed by atoms with Crippen LogP contribution >= 0.6 is 0 Å². The van der Waals surface area contributed by atoms with E-state index in [1.165, 1.54) is 0 Å². The third kappa shape index (κ3) is 4.18. The lowest BCUT2D eigenvalue weighted by Gasteiger charge is -2.21. The largest absolute Gasteiger partial charge is 0.409 e. The second-order valence-electron chi connectivity index (χ2n) is 4.55. The molecule has 1 amide bonds. The second kappa shape index (κ2) is 5.58. The summed E-state index contributed by atoms with van der Waals surface area (Å²) in [6.07, 6.45) is 0.915. The number of amides is 1. The van der Waals surface area contributed by atoms with Crippen LogP contribution in [0.2, 0.25) is 0 Å². The van der Waals surface area contributed by atoms with Crippen molar-refractivity contribution in [1.29, 1.82) is 0 Å². The molecule has 88 valence electrons. The standard InChI is InChI=1S/C10H21N3O2/c1-7(2)5-6-12-9(14)10(3,4)8(11)13-15/h7,15H,5-6H2,1-4H3,(H2,11,13)(H,12,14). The third-order valence-corrected chi connectivity index (χ3v) is 2.32. The average molecular weight is 215 g/mol. The first-order valence-electron chi connectivity index (χ1n) is 5.08. The number of nitrogens with one attached hydrogen (secondary N) is 1. The summed E-state index contributed by atoms with van der Waals surface area (Å²) in [4.78, 5) is 11.7. The van der Waals surface area contributed by atoms with Gasteiger partial charge in [-0.2, -0.15) is 0 Å². The highest BCUT2D eigenvalue weighted by atomic mass is 16.4. The van der Waals surface area contributed by atoms with E-state index in [2.05, 4.69) is 24.3 Å². The van der Waals surface area contributed by atoms with Gasteiger partial charge in [0.05, 0.1) is 0 Å². The molecule has 0 heterocycles. The van der Waals surface area contributed by atoms with E-state index in [4.69, 9.17) is 10.9 Å². The van der Waals surface area contributed by atoms with Crippen LogP contribution in [-0.4, -0.2) is 23.5 Å². The van der Waals surface area contributed by atoms with Crippen molar-refractivity contribution in [2.75, 3.05) is 6.54 Å².